The number of nitrogens with one attached hydrogen (secondary N) is 1. The molecule has 0 radical (unpaired) electrons. The molecule has 2 rings (SSSR count). The van der Waals surface area contributed by atoms with Crippen molar-refractivity contribution in [3.63, 3.8) is 0 Å². The van der Waals surface area contributed by atoms with Crippen molar-refractivity contribution in [2.75, 3.05) is 7.11 Å². The largest absolute Gasteiger partial charge is 0.497 e. The molecule has 0 saturated heterocycles. The van der Waals surface area contributed by atoms with Gasteiger partial charge in [0.2, 0.25) is 10.0 Å². The van der Waals surface area contributed by atoms with Gasteiger partial charge in [-0.2, -0.15) is 0 Å². The molecule has 0 saturated carbocycles. The van der Waals surface area contributed by atoms with Crippen LogP contribution in [-0.2, 0) is 16.6 Å². The van der Waals surface area contributed by atoms with Gasteiger partial charge in [-0.3, -0.25) is 0 Å². The Morgan fingerprint density at radius 3 is 2.71 bits per heavy atom. The normalized spacial score (nSPS) is 11.3. The highest BCUT2D eigenvalue weighted by Crippen LogP contribution is 2.22. The molecule has 2 N–H and O–H groups in total. The van der Waals surface area contributed by atoms with Crippen LogP contribution in [-0.4, -0.2) is 26.6 Å². The maximum absolute atomic E-state index is 12.1. The lowest BCUT2D eigenvalue weighted by molar-refractivity contribution is 0.0702. The van der Waals surface area contributed by atoms with Crippen LogP contribution in [0.5, 0.6) is 5.75 Å². The number of carboxylic acid groups (broad SMARTS) is 1. The van der Waals surface area contributed by atoms with Crippen LogP contribution in [0.4, 0.5) is 0 Å². The first kappa shape index (κ1) is 15.5. The number of thiophene rings is 1. The number of carbonyl (C=O) groups is 1. The predicted molar refractivity (Wildman–Crippen MR) is 78.3 cm³/mol. The molecule has 0 fully saturated rings. The summed E-state index contributed by atoms with van der Waals surface area (Å²) in [6, 6.07) is 9.56. The second kappa shape index (κ2) is 6.25. The van der Waals surface area contributed by atoms with Gasteiger partial charge < -0.3 is 9.84 Å². The molecule has 0 aliphatic carbocycles. The van der Waals surface area contributed by atoms with Crippen molar-refractivity contribution in [2.24, 2.45) is 0 Å². The third-order valence-corrected chi connectivity index (χ3v) is 5.62. The molecule has 0 spiro atoms. The first-order valence-corrected chi connectivity index (χ1v) is 8.18. The molecule has 0 aliphatic rings. The number of aromatic carboxylic acids is 1. The van der Waals surface area contributed by atoms with E-state index in [0.29, 0.717) is 17.1 Å². The van der Waals surface area contributed by atoms with Gasteiger partial charge in [-0.15, -0.1) is 11.3 Å². The number of carboxylic acids is 1. The Morgan fingerprint density at radius 1 is 1.33 bits per heavy atom. The van der Waals surface area contributed by atoms with Crippen molar-refractivity contribution >= 4 is 27.3 Å². The summed E-state index contributed by atoms with van der Waals surface area (Å²) in [6.07, 6.45) is 0. The van der Waals surface area contributed by atoms with Crippen molar-refractivity contribution < 1.29 is 23.1 Å². The maximum atomic E-state index is 12.1. The van der Waals surface area contributed by atoms with Crippen LogP contribution in [0.2, 0.25) is 0 Å². The lowest BCUT2D eigenvalue weighted by Crippen LogP contribution is -2.22. The van der Waals surface area contributed by atoms with Crippen LogP contribution >= 0.6 is 11.3 Å². The number of benzene rings is 1. The molecule has 112 valence electrons. The minimum absolute atomic E-state index is 0.0169. The smallest absolute Gasteiger partial charge is 0.345 e. The molecule has 0 unspecified atom stereocenters. The van der Waals surface area contributed by atoms with Gasteiger partial charge in [0.15, 0.2) is 0 Å². The van der Waals surface area contributed by atoms with Crippen molar-refractivity contribution in [3.8, 4) is 5.75 Å². The van der Waals surface area contributed by atoms with E-state index < -0.39 is 16.0 Å². The van der Waals surface area contributed by atoms with Gasteiger partial charge in [-0.05, 0) is 29.8 Å². The monoisotopic (exact) mass is 327 g/mol. The summed E-state index contributed by atoms with van der Waals surface area (Å²) in [5.41, 5.74) is 0.743. The van der Waals surface area contributed by atoms with E-state index in [2.05, 4.69) is 4.72 Å². The van der Waals surface area contributed by atoms with Crippen molar-refractivity contribution in [2.45, 2.75) is 10.8 Å². The first-order chi connectivity index (χ1) is 9.92. The molecule has 6 nitrogen and oxygen atoms in total. The summed E-state index contributed by atoms with van der Waals surface area (Å²) < 4.78 is 31.6. The van der Waals surface area contributed by atoms with Crippen LogP contribution in [0.1, 0.15) is 15.2 Å². The Balaban J connectivity index is 2.11. The molecule has 0 bridgehead atoms. The van der Waals surface area contributed by atoms with E-state index >= 15 is 0 Å². The number of methoxy groups -OCH3 is 1. The summed E-state index contributed by atoms with van der Waals surface area (Å²) in [4.78, 5) is 10.8. The maximum Gasteiger partial charge on any atom is 0.345 e. The van der Waals surface area contributed by atoms with Gasteiger partial charge in [0.05, 0.1) is 7.11 Å². The summed E-state index contributed by atoms with van der Waals surface area (Å²) >= 11 is 0.716. The molecule has 8 heteroatoms. The Hall–Kier alpha value is -1.90. The van der Waals surface area contributed by atoms with Crippen LogP contribution in [0.25, 0.3) is 0 Å². The number of ether oxygens (including phenoxy) is 1. The Kier molecular flexibility index (Phi) is 4.61. The fourth-order valence-electron chi connectivity index (χ4n) is 1.61. The Labute approximate surface area is 126 Å². The molecular weight excluding hydrogens is 314 g/mol. The van der Waals surface area contributed by atoms with E-state index in [1.807, 2.05) is 0 Å². The number of rotatable bonds is 6. The van der Waals surface area contributed by atoms with Crippen LogP contribution in [0.3, 0.4) is 0 Å². The SMILES string of the molecule is COc1cccc(CNS(=O)(=O)c2ccc(C(=O)O)s2)c1. The number of hydrogen-bond acceptors (Lipinski definition) is 5. The highest BCUT2D eigenvalue weighted by molar-refractivity contribution is 7.91. The van der Waals surface area contributed by atoms with Crippen molar-refractivity contribution in [1.82, 2.24) is 4.72 Å². The molecule has 21 heavy (non-hydrogen) atoms. The van der Waals surface area contributed by atoms with Gasteiger partial charge in [0.25, 0.3) is 0 Å². The van der Waals surface area contributed by atoms with E-state index in [1.54, 1.807) is 24.3 Å². The average Bonchev–Trinajstić information content (AvgIpc) is 2.96. The molecule has 0 atom stereocenters. The first-order valence-electron chi connectivity index (χ1n) is 5.88. The summed E-state index contributed by atoms with van der Waals surface area (Å²) in [6.45, 7) is 0.0971. The zero-order chi connectivity index (χ0) is 15.5. The van der Waals surface area contributed by atoms with E-state index in [9.17, 15) is 13.2 Å². The van der Waals surface area contributed by atoms with Crippen LogP contribution in [0.15, 0.2) is 40.6 Å². The zero-order valence-corrected chi connectivity index (χ0v) is 12.7. The molecule has 1 heterocycles. The van der Waals surface area contributed by atoms with Gasteiger partial charge >= 0.3 is 5.97 Å². The molecule has 1 aromatic heterocycles. The minimum Gasteiger partial charge on any atom is -0.497 e. The summed E-state index contributed by atoms with van der Waals surface area (Å²) in [5, 5.41) is 8.81. The van der Waals surface area contributed by atoms with Gasteiger partial charge in [-0.1, -0.05) is 12.1 Å². The molecule has 1 aromatic carbocycles. The second-order valence-corrected chi connectivity index (χ2v) is 7.18. The third kappa shape index (κ3) is 3.81. The minimum atomic E-state index is -3.73. The molecule has 0 aliphatic heterocycles. The van der Waals surface area contributed by atoms with E-state index in [4.69, 9.17) is 9.84 Å². The van der Waals surface area contributed by atoms with Crippen molar-refractivity contribution in [1.29, 1.82) is 0 Å². The van der Waals surface area contributed by atoms with Crippen LogP contribution < -0.4 is 9.46 Å². The second-order valence-electron chi connectivity index (χ2n) is 4.10. The quantitative estimate of drug-likeness (QED) is 0.846. The lowest BCUT2D eigenvalue weighted by Gasteiger charge is -2.06. The zero-order valence-electron chi connectivity index (χ0n) is 11.1. The molecule has 0 amide bonds. The summed E-state index contributed by atoms with van der Waals surface area (Å²) in [7, 11) is -2.20. The van der Waals surface area contributed by atoms with Gasteiger partial charge in [0, 0.05) is 6.54 Å². The fourth-order valence-corrected chi connectivity index (χ4v) is 3.82. The molecular formula is C13H13NO5S2. The Bertz CT molecular complexity index is 751. The summed E-state index contributed by atoms with van der Waals surface area (Å²) in [5.74, 6) is -0.509. The molecule has 2 aromatic rings. The number of sulfonamides is 1. The van der Waals surface area contributed by atoms with Crippen molar-refractivity contribution in [3.05, 3.63) is 46.8 Å². The highest BCUT2D eigenvalue weighted by Gasteiger charge is 2.18. The topological polar surface area (TPSA) is 92.7 Å². The van der Waals surface area contributed by atoms with Gasteiger partial charge in [-0.25, -0.2) is 17.9 Å². The predicted octanol–water partition coefficient (Wildman–Crippen LogP) is 1.93. The number of hydrogen-bond donors (Lipinski definition) is 2. The van der Waals surface area contributed by atoms with Crippen LogP contribution in [0, 0.1) is 0 Å². The van der Waals surface area contributed by atoms with E-state index in [0.717, 1.165) is 5.56 Å². The standard InChI is InChI=1S/C13H13NO5S2/c1-19-10-4-2-3-9(7-10)8-14-21(17,18)12-6-5-11(20-12)13(15)16/h2-7,14H,8H2,1H3,(H,15,16). The average molecular weight is 327 g/mol. The lowest BCUT2D eigenvalue weighted by atomic mass is 10.2. The highest BCUT2D eigenvalue weighted by atomic mass is 32.2. The third-order valence-electron chi connectivity index (χ3n) is 2.66. The van der Waals surface area contributed by atoms with E-state index in [-0.39, 0.29) is 15.6 Å². The fraction of sp³-hybridized carbons (Fsp3) is 0.154. The Morgan fingerprint density at radius 2 is 2.10 bits per heavy atom. The van der Waals surface area contributed by atoms with E-state index in [1.165, 1.54) is 19.2 Å². The van der Waals surface area contributed by atoms with Gasteiger partial charge in [0.1, 0.15) is 14.8 Å².